The summed E-state index contributed by atoms with van der Waals surface area (Å²) in [6, 6.07) is 0. The molecule has 0 radical (unpaired) electrons. The van der Waals surface area contributed by atoms with Crippen LogP contribution >= 0.6 is 0 Å². The number of aromatic nitrogens is 2. The summed E-state index contributed by atoms with van der Waals surface area (Å²) in [5, 5.41) is 4.71. The average molecular weight is 289 g/mol. The number of fused-ring (bicyclic) bond motifs is 1. The lowest BCUT2D eigenvalue weighted by molar-refractivity contribution is 0.0990. The van der Waals surface area contributed by atoms with Crippen LogP contribution in [0.4, 0.5) is 0 Å². The van der Waals surface area contributed by atoms with Crippen LogP contribution in [0.15, 0.2) is 11.8 Å². The molecule has 0 aliphatic heterocycles. The first kappa shape index (κ1) is 15.8. The molecule has 0 spiro atoms. The molecule has 0 unspecified atom stereocenters. The Labute approximate surface area is 127 Å². The van der Waals surface area contributed by atoms with Crippen LogP contribution in [0.1, 0.15) is 62.3 Å². The third-order valence-corrected chi connectivity index (χ3v) is 4.11. The van der Waals surface area contributed by atoms with Gasteiger partial charge in [-0.25, -0.2) is 0 Å². The Morgan fingerprint density at radius 3 is 2.48 bits per heavy atom. The van der Waals surface area contributed by atoms with E-state index in [2.05, 4.69) is 34.6 Å². The van der Waals surface area contributed by atoms with E-state index in [1.807, 2.05) is 29.9 Å². The van der Waals surface area contributed by atoms with Gasteiger partial charge in [0.25, 0.3) is 0 Å². The van der Waals surface area contributed by atoms with Gasteiger partial charge in [-0.05, 0) is 12.8 Å². The smallest absolute Gasteiger partial charge is 0.194 e. The van der Waals surface area contributed by atoms with Crippen molar-refractivity contribution in [2.45, 2.75) is 53.5 Å². The zero-order valence-electron chi connectivity index (χ0n) is 14.3. The largest absolute Gasteiger partial charge is 0.383 e. The first-order valence-corrected chi connectivity index (χ1v) is 7.72. The maximum Gasteiger partial charge on any atom is 0.194 e. The summed E-state index contributed by atoms with van der Waals surface area (Å²) < 4.78 is 2.00. The molecule has 4 heteroatoms. The minimum atomic E-state index is -0.171. The zero-order chi connectivity index (χ0) is 15.9. The zero-order valence-corrected chi connectivity index (χ0v) is 14.3. The lowest BCUT2D eigenvalue weighted by atomic mass is 9.71. The van der Waals surface area contributed by atoms with Crippen molar-refractivity contribution in [3.8, 4) is 0 Å². The summed E-state index contributed by atoms with van der Waals surface area (Å²) in [7, 11) is 3.93. The predicted molar refractivity (Wildman–Crippen MR) is 85.6 cm³/mol. The van der Waals surface area contributed by atoms with Gasteiger partial charge in [-0.2, -0.15) is 5.10 Å². The van der Waals surface area contributed by atoms with Gasteiger partial charge < -0.3 is 4.90 Å². The maximum atomic E-state index is 13.1. The van der Waals surface area contributed by atoms with Crippen LogP contribution in [0.5, 0.6) is 0 Å². The predicted octanol–water partition coefficient (Wildman–Crippen LogP) is 3.24. The Morgan fingerprint density at radius 1 is 1.38 bits per heavy atom. The van der Waals surface area contributed by atoms with E-state index in [-0.39, 0.29) is 11.2 Å². The molecule has 21 heavy (non-hydrogen) atoms. The fraction of sp³-hybridized carbons (Fsp3) is 0.647. The van der Waals surface area contributed by atoms with E-state index in [1.165, 1.54) is 0 Å². The lowest BCUT2D eigenvalue weighted by Gasteiger charge is -2.32. The Hall–Kier alpha value is -1.58. The third kappa shape index (κ3) is 2.63. The minimum absolute atomic E-state index is 0.151. The highest BCUT2D eigenvalue weighted by Gasteiger charge is 2.40. The summed E-state index contributed by atoms with van der Waals surface area (Å²) in [5.41, 5.74) is 3.61. The number of rotatable bonds is 3. The molecule has 2 rings (SSSR count). The van der Waals surface area contributed by atoms with Crippen molar-refractivity contribution >= 4 is 5.78 Å². The number of carbonyl (C=O) groups excluding carboxylic acids is 1. The van der Waals surface area contributed by atoms with E-state index in [1.54, 1.807) is 0 Å². The summed E-state index contributed by atoms with van der Waals surface area (Å²) in [4.78, 5) is 15.0. The molecular formula is C17H27N3O. The first-order valence-electron chi connectivity index (χ1n) is 7.72. The first-order chi connectivity index (χ1) is 9.69. The molecule has 1 heterocycles. The molecule has 0 amide bonds. The van der Waals surface area contributed by atoms with Gasteiger partial charge in [0.05, 0.1) is 17.0 Å². The monoisotopic (exact) mass is 289 g/mol. The number of allylic oxidation sites excluding steroid dienone is 1. The van der Waals surface area contributed by atoms with E-state index in [4.69, 9.17) is 5.10 Å². The molecular weight excluding hydrogens is 262 g/mol. The number of carbonyl (C=O) groups is 1. The van der Waals surface area contributed by atoms with Gasteiger partial charge in [0.1, 0.15) is 0 Å². The van der Waals surface area contributed by atoms with Gasteiger partial charge in [0.2, 0.25) is 0 Å². The van der Waals surface area contributed by atoms with Crippen molar-refractivity contribution in [1.82, 2.24) is 14.7 Å². The lowest BCUT2D eigenvalue weighted by Crippen LogP contribution is -2.32. The number of hydrogen-bond donors (Lipinski definition) is 0. The van der Waals surface area contributed by atoms with Gasteiger partial charge in [-0.3, -0.25) is 9.48 Å². The SMILES string of the molecule is CCn1nc2c(c1C(C)C)C(=O)/C(=C\N(C)C)C(C)(C)C2. The molecule has 1 aliphatic rings. The van der Waals surface area contributed by atoms with Gasteiger partial charge in [-0.15, -0.1) is 0 Å². The Kier molecular flexibility index (Phi) is 4.00. The van der Waals surface area contributed by atoms with Crippen molar-refractivity contribution < 1.29 is 4.79 Å². The highest BCUT2D eigenvalue weighted by atomic mass is 16.1. The minimum Gasteiger partial charge on any atom is -0.383 e. The van der Waals surface area contributed by atoms with Crippen molar-refractivity contribution in [1.29, 1.82) is 0 Å². The molecule has 1 aromatic rings. The fourth-order valence-electron chi connectivity index (χ4n) is 3.17. The molecule has 0 saturated heterocycles. The second-order valence-corrected chi connectivity index (χ2v) is 7.07. The third-order valence-electron chi connectivity index (χ3n) is 4.11. The molecule has 1 aromatic heterocycles. The van der Waals surface area contributed by atoms with Crippen LogP contribution in [0.2, 0.25) is 0 Å². The van der Waals surface area contributed by atoms with Crippen molar-refractivity contribution in [2.75, 3.05) is 14.1 Å². The molecule has 0 fully saturated rings. The molecule has 116 valence electrons. The summed E-state index contributed by atoms with van der Waals surface area (Å²) in [6.07, 6.45) is 2.79. The molecule has 0 N–H and O–H groups in total. The van der Waals surface area contributed by atoms with Crippen LogP contribution in [-0.2, 0) is 13.0 Å². The number of ketones is 1. The Morgan fingerprint density at radius 2 is 2.00 bits per heavy atom. The number of aryl methyl sites for hydroxylation is 1. The van der Waals surface area contributed by atoms with Gasteiger partial charge in [0, 0.05) is 44.2 Å². The maximum absolute atomic E-state index is 13.1. The fourth-order valence-corrected chi connectivity index (χ4v) is 3.17. The van der Waals surface area contributed by atoms with Crippen LogP contribution in [0.25, 0.3) is 0 Å². The molecule has 0 atom stereocenters. The highest BCUT2D eigenvalue weighted by molar-refractivity contribution is 6.12. The van der Waals surface area contributed by atoms with Crippen LogP contribution in [0, 0.1) is 5.41 Å². The quantitative estimate of drug-likeness (QED) is 0.802. The summed E-state index contributed by atoms with van der Waals surface area (Å²) >= 11 is 0. The normalized spacial score (nSPS) is 19.2. The van der Waals surface area contributed by atoms with Crippen molar-refractivity contribution in [3.63, 3.8) is 0 Å². The molecule has 1 aliphatic carbocycles. The Bertz CT molecular complexity index is 591. The molecule has 4 nitrogen and oxygen atoms in total. The second kappa shape index (κ2) is 5.32. The molecule has 0 aromatic carbocycles. The summed E-state index contributed by atoms with van der Waals surface area (Å²) in [5.74, 6) is 0.449. The number of nitrogens with zero attached hydrogens (tertiary/aromatic N) is 3. The van der Waals surface area contributed by atoms with E-state index >= 15 is 0 Å². The average Bonchev–Trinajstić information content (AvgIpc) is 2.71. The van der Waals surface area contributed by atoms with Crippen LogP contribution in [0.3, 0.4) is 0 Å². The topological polar surface area (TPSA) is 38.1 Å². The van der Waals surface area contributed by atoms with Gasteiger partial charge in [-0.1, -0.05) is 27.7 Å². The standard InChI is InChI=1S/C17H27N3O/c1-8-20-15(11(2)3)14-13(18-20)9-17(4,5)12(16(14)21)10-19(6)7/h10-11H,8-9H2,1-7H3/b12-10+. The highest BCUT2D eigenvalue weighted by Crippen LogP contribution is 2.41. The van der Waals surface area contributed by atoms with E-state index in [0.29, 0.717) is 5.92 Å². The van der Waals surface area contributed by atoms with E-state index < -0.39 is 0 Å². The van der Waals surface area contributed by atoms with Gasteiger partial charge >= 0.3 is 0 Å². The second-order valence-electron chi connectivity index (χ2n) is 7.07. The number of hydrogen-bond acceptors (Lipinski definition) is 3. The van der Waals surface area contributed by atoms with Crippen molar-refractivity contribution in [3.05, 3.63) is 28.7 Å². The van der Waals surface area contributed by atoms with E-state index in [9.17, 15) is 4.79 Å². The van der Waals surface area contributed by atoms with Crippen LogP contribution in [-0.4, -0.2) is 34.6 Å². The van der Waals surface area contributed by atoms with Crippen LogP contribution < -0.4 is 0 Å². The summed E-state index contributed by atoms with van der Waals surface area (Å²) in [6.45, 7) is 11.4. The Balaban J connectivity index is 2.67. The number of Topliss-reactive ketones (excluding diaryl/α,β-unsaturated/α-hetero) is 1. The van der Waals surface area contributed by atoms with Gasteiger partial charge in [0.15, 0.2) is 5.78 Å². The molecule has 0 saturated carbocycles. The van der Waals surface area contributed by atoms with E-state index in [0.717, 1.165) is 35.5 Å². The molecule has 0 bridgehead atoms. The van der Waals surface area contributed by atoms with Crippen molar-refractivity contribution in [2.24, 2.45) is 5.41 Å².